The topological polar surface area (TPSA) is 90.4 Å². The summed E-state index contributed by atoms with van der Waals surface area (Å²) in [6, 6.07) is 13.5. The fourth-order valence-corrected chi connectivity index (χ4v) is 8.38. The third-order valence-electron chi connectivity index (χ3n) is 9.44. The minimum atomic E-state index is -1.26. The van der Waals surface area contributed by atoms with Crippen LogP contribution in [0.3, 0.4) is 0 Å². The lowest BCUT2D eigenvalue weighted by Crippen LogP contribution is -2.60. The van der Waals surface area contributed by atoms with E-state index >= 15 is 0 Å². The Morgan fingerprint density at radius 2 is 1.75 bits per heavy atom. The van der Waals surface area contributed by atoms with Gasteiger partial charge in [0, 0.05) is 29.3 Å². The van der Waals surface area contributed by atoms with Crippen molar-refractivity contribution in [3.63, 3.8) is 0 Å². The van der Waals surface area contributed by atoms with Crippen molar-refractivity contribution in [2.75, 3.05) is 29.5 Å². The maximum atomic E-state index is 15.0. The van der Waals surface area contributed by atoms with Gasteiger partial charge in [-0.3, -0.25) is 14.4 Å². The summed E-state index contributed by atoms with van der Waals surface area (Å²) in [5.74, 6) is -2.77. The number of aliphatic hydroxyl groups excluding tert-OH is 1. The number of amides is 3. The van der Waals surface area contributed by atoms with Gasteiger partial charge in [0.1, 0.15) is 11.6 Å². The molecule has 1 N–H and O–H groups in total. The number of likely N-dealkylation sites (tertiary alicyclic amines) is 1. The first kappa shape index (κ1) is 32.1. The number of hydrogen-bond acceptors (Lipinski definition) is 5. The molecule has 0 aromatic heterocycles. The van der Waals surface area contributed by atoms with E-state index in [2.05, 4.69) is 29.1 Å². The molecule has 234 valence electrons. The Balaban J connectivity index is 1.65. The third kappa shape index (κ3) is 5.12. The molecule has 8 nitrogen and oxygen atoms in total. The average Bonchev–Trinajstić information content (AvgIpc) is 3.59. The lowest BCUT2D eigenvalue weighted by molar-refractivity contribution is -0.145. The zero-order valence-electron chi connectivity index (χ0n) is 25.9. The highest BCUT2D eigenvalue weighted by atomic mass is 79.9. The second-order valence-electron chi connectivity index (χ2n) is 12.5. The number of halogens is 1. The molecule has 9 heteroatoms. The highest BCUT2D eigenvalue weighted by Gasteiger charge is 2.77. The molecule has 3 aliphatic rings. The summed E-state index contributed by atoms with van der Waals surface area (Å²) in [5.41, 5.74) is 2.06. The van der Waals surface area contributed by atoms with Crippen molar-refractivity contribution in [1.29, 1.82) is 0 Å². The summed E-state index contributed by atoms with van der Waals surface area (Å²) < 4.78 is 6.78. The van der Waals surface area contributed by atoms with E-state index in [-0.39, 0.29) is 48.2 Å². The van der Waals surface area contributed by atoms with Crippen LogP contribution in [0.2, 0.25) is 0 Å². The van der Waals surface area contributed by atoms with Gasteiger partial charge in [0.05, 0.1) is 30.6 Å². The number of fused-ring (bicyclic) bond motifs is 1. The standard InChI is InChI=1S/C35H42BrN3O5/c1-7-16-37(24-12-10-9-11-13-24)32(41)28-29-33(42)39(27(20-40)21(3)4)31(35(29)19-25(36)30(28)44-35)34(43)38(17-8-2)26-18-22(5)14-15-23(26)6/h7-15,18,21,25,27-31,40H,1-2,16-17,19-20H2,3-6H3/t25?,27-,28-,29-,30-,31?,35?/m0/s1. The monoisotopic (exact) mass is 663 g/mol. The molecule has 3 fully saturated rings. The minimum Gasteiger partial charge on any atom is -0.394 e. The van der Waals surface area contributed by atoms with Crippen LogP contribution in [0.4, 0.5) is 11.4 Å². The smallest absolute Gasteiger partial charge is 0.253 e. The Kier molecular flexibility index (Phi) is 9.21. The summed E-state index contributed by atoms with van der Waals surface area (Å²) in [6.07, 6.45) is 3.10. The number of alkyl halides is 1. The van der Waals surface area contributed by atoms with E-state index in [1.807, 2.05) is 76.2 Å². The van der Waals surface area contributed by atoms with Crippen molar-refractivity contribution >= 4 is 45.0 Å². The quantitative estimate of drug-likeness (QED) is 0.275. The first-order valence-corrected chi connectivity index (χ1v) is 16.2. The van der Waals surface area contributed by atoms with Gasteiger partial charge in [-0.2, -0.15) is 0 Å². The van der Waals surface area contributed by atoms with Gasteiger partial charge in [-0.25, -0.2) is 0 Å². The third-order valence-corrected chi connectivity index (χ3v) is 10.3. The molecule has 3 unspecified atom stereocenters. The number of aryl methyl sites for hydroxylation is 2. The largest absolute Gasteiger partial charge is 0.394 e. The van der Waals surface area contributed by atoms with Crippen LogP contribution in [-0.4, -0.2) is 76.0 Å². The van der Waals surface area contributed by atoms with E-state index in [4.69, 9.17) is 4.74 Å². The normalized spacial score (nSPS) is 27.8. The Morgan fingerprint density at radius 3 is 2.36 bits per heavy atom. The number of nitrogens with zero attached hydrogens (tertiary/aromatic N) is 3. The predicted molar refractivity (Wildman–Crippen MR) is 176 cm³/mol. The maximum absolute atomic E-state index is 15.0. The van der Waals surface area contributed by atoms with Crippen molar-refractivity contribution in [2.45, 2.75) is 62.7 Å². The van der Waals surface area contributed by atoms with Gasteiger partial charge in [0.2, 0.25) is 11.8 Å². The lowest BCUT2D eigenvalue weighted by Gasteiger charge is -2.40. The van der Waals surface area contributed by atoms with E-state index in [1.54, 1.807) is 26.9 Å². The molecule has 3 aliphatic heterocycles. The summed E-state index contributed by atoms with van der Waals surface area (Å²) in [7, 11) is 0. The number of aliphatic hydroxyl groups is 1. The molecule has 3 saturated heterocycles. The van der Waals surface area contributed by atoms with Crippen LogP contribution in [-0.2, 0) is 19.1 Å². The van der Waals surface area contributed by atoms with Gasteiger partial charge < -0.3 is 24.5 Å². The minimum absolute atomic E-state index is 0.157. The molecule has 0 saturated carbocycles. The Hall–Kier alpha value is -3.27. The van der Waals surface area contributed by atoms with Crippen molar-refractivity contribution in [2.24, 2.45) is 17.8 Å². The second-order valence-corrected chi connectivity index (χ2v) is 13.7. The molecule has 1 spiro atoms. The second kappa shape index (κ2) is 12.6. The van der Waals surface area contributed by atoms with Crippen LogP contribution in [0.25, 0.3) is 0 Å². The van der Waals surface area contributed by atoms with E-state index < -0.39 is 35.6 Å². The fraction of sp³-hybridized carbons (Fsp3) is 0.457. The molecular formula is C35H42BrN3O5. The van der Waals surface area contributed by atoms with Crippen molar-refractivity contribution in [3.8, 4) is 0 Å². The summed E-state index contributed by atoms with van der Waals surface area (Å²) in [4.78, 5) is 48.8. The van der Waals surface area contributed by atoms with Crippen LogP contribution in [0.5, 0.6) is 0 Å². The predicted octanol–water partition coefficient (Wildman–Crippen LogP) is 4.81. The van der Waals surface area contributed by atoms with Gasteiger partial charge >= 0.3 is 0 Å². The number of carbonyl (C=O) groups excluding carboxylic acids is 3. The fourth-order valence-electron chi connectivity index (χ4n) is 7.44. The zero-order chi connectivity index (χ0) is 31.9. The molecule has 2 bridgehead atoms. The van der Waals surface area contributed by atoms with Crippen LogP contribution < -0.4 is 9.80 Å². The number of para-hydroxylation sites is 1. The molecule has 3 heterocycles. The van der Waals surface area contributed by atoms with Crippen LogP contribution >= 0.6 is 15.9 Å². The number of hydrogen-bond donors (Lipinski definition) is 1. The average molecular weight is 665 g/mol. The first-order valence-electron chi connectivity index (χ1n) is 15.2. The number of rotatable bonds is 11. The molecule has 0 aliphatic carbocycles. The van der Waals surface area contributed by atoms with Crippen LogP contribution in [0.1, 0.15) is 31.4 Å². The Bertz CT molecular complexity index is 1450. The number of ether oxygens (including phenoxy) is 1. The van der Waals surface area contributed by atoms with Crippen LogP contribution in [0, 0.1) is 31.6 Å². The summed E-state index contributed by atoms with van der Waals surface area (Å²) >= 11 is 3.78. The maximum Gasteiger partial charge on any atom is 0.253 e. The highest BCUT2D eigenvalue weighted by Crippen LogP contribution is 2.61. The zero-order valence-corrected chi connectivity index (χ0v) is 27.4. The van der Waals surface area contributed by atoms with Crippen molar-refractivity contribution in [3.05, 3.63) is 85.0 Å². The molecule has 7 atom stereocenters. The molecule has 5 rings (SSSR count). The van der Waals surface area contributed by atoms with E-state index in [1.165, 1.54) is 0 Å². The number of carbonyl (C=O) groups is 3. The molecule has 0 radical (unpaired) electrons. The highest BCUT2D eigenvalue weighted by molar-refractivity contribution is 9.09. The van der Waals surface area contributed by atoms with Gasteiger partial charge in [-0.1, -0.05) is 72.3 Å². The summed E-state index contributed by atoms with van der Waals surface area (Å²) in [6.45, 7) is 15.7. The van der Waals surface area contributed by atoms with Crippen molar-refractivity contribution < 1.29 is 24.2 Å². The molecule has 2 aromatic rings. The number of anilines is 2. The Morgan fingerprint density at radius 1 is 1.09 bits per heavy atom. The number of benzene rings is 2. The van der Waals surface area contributed by atoms with Gasteiger partial charge in [-0.15, -0.1) is 13.2 Å². The van der Waals surface area contributed by atoms with Crippen molar-refractivity contribution in [1.82, 2.24) is 4.90 Å². The van der Waals surface area contributed by atoms with Gasteiger partial charge in [0.25, 0.3) is 5.91 Å². The van der Waals surface area contributed by atoms with E-state index in [0.717, 1.165) is 16.8 Å². The van der Waals surface area contributed by atoms with E-state index in [0.29, 0.717) is 12.1 Å². The summed E-state index contributed by atoms with van der Waals surface area (Å²) in [5, 5.41) is 10.6. The van der Waals surface area contributed by atoms with Gasteiger partial charge in [0.15, 0.2) is 0 Å². The molecule has 3 amide bonds. The Labute approximate surface area is 268 Å². The first-order chi connectivity index (χ1) is 21.0. The van der Waals surface area contributed by atoms with Crippen LogP contribution in [0.15, 0.2) is 73.8 Å². The van der Waals surface area contributed by atoms with E-state index in [9.17, 15) is 19.5 Å². The molecule has 2 aromatic carbocycles. The van der Waals surface area contributed by atoms with Gasteiger partial charge in [-0.05, 0) is 55.5 Å². The lowest BCUT2D eigenvalue weighted by atomic mass is 9.70. The SMILES string of the molecule is C=CCN(C(=O)[C@H]1[C@H]2C(=O)N([C@@H](CO)C(C)C)C(C(=O)N(CC=C)c3cc(C)ccc3C)C23CC(Br)[C@@H]1O3)c1ccccc1. The molecule has 44 heavy (non-hydrogen) atoms. The molecular weight excluding hydrogens is 622 g/mol.